The Bertz CT molecular complexity index is 2070. The predicted molar refractivity (Wildman–Crippen MR) is 202 cm³/mol. The highest BCUT2D eigenvalue weighted by molar-refractivity contribution is 8.77. The van der Waals surface area contributed by atoms with E-state index in [2.05, 4.69) is 21.3 Å². The fraction of sp³-hybridized carbons (Fsp3) is 0.487. The molecule has 3 aliphatic heterocycles. The number of aromatic nitrogens is 1. The largest absolute Gasteiger partial charge is 0.481 e. The van der Waals surface area contributed by atoms with Crippen molar-refractivity contribution in [1.82, 2.24) is 15.2 Å². The molecular weight excluding hydrogens is 701 g/mol. The van der Waals surface area contributed by atoms with Crippen LogP contribution in [0.1, 0.15) is 62.1 Å². The van der Waals surface area contributed by atoms with Crippen LogP contribution in [0.4, 0.5) is 5.82 Å². The summed E-state index contributed by atoms with van der Waals surface area (Å²) in [5, 5.41) is 14.3. The third kappa shape index (κ3) is 5.75. The quantitative estimate of drug-likeness (QED) is 0.109. The summed E-state index contributed by atoms with van der Waals surface area (Å²) < 4.78 is 19.3. The number of nitrogen functional groups attached to an aromatic ring is 1. The third-order valence-corrected chi connectivity index (χ3v) is 14.9. The van der Waals surface area contributed by atoms with Gasteiger partial charge in [0.25, 0.3) is 0 Å². The maximum Gasteiger partial charge on any atom is 0.336 e. The van der Waals surface area contributed by atoms with Crippen LogP contribution in [0.15, 0.2) is 69.0 Å². The Morgan fingerprint density at radius 1 is 1.23 bits per heavy atom. The van der Waals surface area contributed by atoms with Crippen LogP contribution in [0.3, 0.4) is 0 Å². The number of amides is 1. The molecule has 5 heterocycles. The predicted octanol–water partition coefficient (Wildman–Crippen LogP) is 4.70. The standard InChI is InChI=1S/C39H44N4O7S2/c1-4-21(10-12-44)37(47)50-38(2)11-9-23-20-51-52-31-7-6-28(41-3)27-19-43(36(27)31)33(45)14-25-18-42-32(40)15-26(25)35(23)39(38)17-24-13-22-5-8-34(46)48-29(22)16-30(24)49-39/h4-5,8-9,13,15-16,18,27-28,31,35-36,41,44H,6-7,10-12,14,17,19-20H2,1-3H3,(H2,40,42)/b21-4+/t27-,28-,31+,35-,36-,38-,39-/m1/s1. The number of hydrogen-bond donors (Lipinski definition) is 3. The van der Waals surface area contributed by atoms with Crippen LogP contribution in [0, 0.1) is 5.92 Å². The second-order valence-electron chi connectivity index (χ2n) is 14.8. The summed E-state index contributed by atoms with van der Waals surface area (Å²) in [6, 6.07) is 9.27. The Labute approximate surface area is 310 Å². The molecule has 0 unspecified atom stereocenters. The molecule has 2 aromatic heterocycles. The zero-order chi connectivity index (χ0) is 36.4. The molecule has 3 aromatic rings. The lowest BCUT2D eigenvalue weighted by Crippen LogP contribution is -2.69. The number of anilines is 1. The number of esters is 1. The minimum absolute atomic E-state index is 0.0604. The van der Waals surface area contributed by atoms with Crippen molar-refractivity contribution in [2.45, 2.75) is 86.8 Å². The van der Waals surface area contributed by atoms with E-state index in [4.69, 9.17) is 19.6 Å². The summed E-state index contributed by atoms with van der Waals surface area (Å²) >= 11 is 0. The maximum absolute atomic E-state index is 14.3. The van der Waals surface area contributed by atoms with Crippen LogP contribution in [0.25, 0.3) is 11.0 Å². The van der Waals surface area contributed by atoms with Crippen LogP contribution in [0.2, 0.25) is 0 Å². The normalized spacial score (nSPS) is 31.2. The number of nitrogens with two attached hydrogens (primary N) is 1. The van der Waals surface area contributed by atoms with E-state index < -0.39 is 28.7 Å². The smallest absolute Gasteiger partial charge is 0.336 e. The van der Waals surface area contributed by atoms with Crippen molar-refractivity contribution < 1.29 is 28.6 Å². The lowest BCUT2D eigenvalue weighted by molar-refractivity contribution is -0.183. The molecule has 274 valence electrons. The highest BCUT2D eigenvalue weighted by Gasteiger charge is 2.64. The molecule has 2 fully saturated rings. The van der Waals surface area contributed by atoms with Gasteiger partial charge in [-0.1, -0.05) is 39.3 Å². The van der Waals surface area contributed by atoms with Gasteiger partial charge in [0.2, 0.25) is 5.91 Å². The molecule has 1 saturated heterocycles. The summed E-state index contributed by atoms with van der Waals surface area (Å²) in [5.41, 5.74) is 7.91. The molecule has 0 bridgehead atoms. The van der Waals surface area contributed by atoms with Crippen molar-refractivity contribution in [3.63, 3.8) is 0 Å². The maximum atomic E-state index is 14.3. The topological polar surface area (TPSA) is 157 Å². The number of carbonyl (C=O) groups is 2. The molecule has 1 saturated carbocycles. The number of fused-ring (bicyclic) bond motifs is 6. The van der Waals surface area contributed by atoms with Crippen molar-refractivity contribution in [3.05, 3.63) is 86.9 Å². The van der Waals surface area contributed by atoms with Crippen molar-refractivity contribution in [3.8, 4) is 5.75 Å². The van der Waals surface area contributed by atoms with Crippen molar-refractivity contribution in [2.75, 3.05) is 31.7 Å². The first-order valence-electron chi connectivity index (χ1n) is 18.0. The van der Waals surface area contributed by atoms with Gasteiger partial charge in [-0.25, -0.2) is 14.6 Å². The Kier molecular flexibility index (Phi) is 9.20. The van der Waals surface area contributed by atoms with Gasteiger partial charge >= 0.3 is 11.6 Å². The SMILES string of the molecule is C/C=C(\CCO)C(=O)O[C@]1(C)CC=C2CSS[C@H]3CC[C@@H](NC)[C@H]4CN(C(=O)Cc5cnc(N)cc5[C@@H]2[C@]12Cc1cc5ccc(=O)oc5cc1O2)[C@H]43. The number of allylic oxidation sites excluding steroid dienone is 1. The second-order valence-corrected chi connectivity index (χ2v) is 17.4. The number of nitrogens with one attached hydrogen (secondary N) is 1. The zero-order valence-electron chi connectivity index (χ0n) is 29.6. The average Bonchev–Trinajstić information content (AvgIpc) is 3.47. The lowest BCUT2D eigenvalue weighted by Gasteiger charge is -2.57. The van der Waals surface area contributed by atoms with E-state index in [1.165, 1.54) is 6.07 Å². The molecule has 52 heavy (non-hydrogen) atoms. The molecule has 2 aliphatic carbocycles. The number of benzene rings is 1. The molecule has 7 atom stereocenters. The molecule has 1 amide bonds. The Hall–Kier alpha value is -3.78. The summed E-state index contributed by atoms with van der Waals surface area (Å²) in [7, 11) is 5.69. The summed E-state index contributed by atoms with van der Waals surface area (Å²) in [5.74, 6) is 1.00. The van der Waals surface area contributed by atoms with Crippen LogP contribution in [-0.4, -0.2) is 81.4 Å². The number of ether oxygens (including phenoxy) is 2. The molecule has 13 heteroatoms. The molecule has 1 spiro atoms. The highest BCUT2D eigenvalue weighted by atomic mass is 33.1. The van der Waals surface area contributed by atoms with E-state index in [0.29, 0.717) is 58.5 Å². The molecule has 1 aromatic carbocycles. The number of carbonyl (C=O) groups excluding carboxylic acids is 2. The summed E-state index contributed by atoms with van der Waals surface area (Å²) in [6.07, 6.45) is 8.70. The van der Waals surface area contributed by atoms with Crippen LogP contribution in [0.5, 0.6) is 5.75 Å². The Balaban J connectivity index is 1.28. The Morgan fingerprint density at radius 3 is 2.87 bits per heavy atom. The number of hydrogen-bond acceptors (Lipinski definition) is 12. The van der Waals surface area contributed by atoms with Gasteiger partial charge in [0, 0.05) is 84.7 Å². The van der Waals surface area contributed by atoms with Gasteiger partial charge in [0.15, 0.2) is 11.2 Å². The number of aliphatic hydroxyl groups excluding tert-OH is 1. The highest BCUT2D eigenvalue weighted by Crippen LogP contribution is 2.59. The van der Waals surface area contributed by atoms with E-state index in [-0.39, 0.29) is 31.4 Å². The molecule has 11 nitrogen and oxygen atoms in total. The third-order valence-electron chi connectivity index (χ3n) is 12.0. The van der Waals surface area contributed by atoms with Gasteiger partial charge in [-0.2, -0.15) is 0 Å². The van der Waals surface area contributed by atoms with Crippen LogP contribution < -0.4 is 21.4 Å². The molecule has 4 N–H and O–H groups in total. The molecule has 0 radical (unpaired) electrons. The monoisotopic (exact) mass is 744 g/mol. The summed E-state index contributed by atoms with van der Waals surface area (Å²) in [6.45, 7) is 4.20. The van der Waals surface area contributed by atoms with Gasteiger partial charge in [0.1, 0.15) is 17.2 Å². The number of aliphatic hydroxyl groups is 1. The van der Waals surface area contributed by atoms with E-state index in [0.717, 1.165) is 47.0 Å². The molecular formula is C39H44N4O7S2. The van der Waals surface area contributed by atoms with Crippen molar-refractivity contribution in [2.24, 2.45) is 5.92 Å². The van der Waals surface area contributed by atoms with E-state index in [9.17, 15) is 19.5 Å². The number of nitrogens with zero attached hydrogens (tertiary/aromatic N) is 2. The van der Waals surface area contributed by atoms with Gasteiger partial charge in [-0.15, -0.1) is 0 Å². The second kappa shape index (κ2) is 13.6. The van der Waals surface area contributed by atoms with Gasteiger partial charge in [0.05, 0.1) is 18.4 Å². The fourth-order valence-corrected chi connectivity index (χ4v) is 12.4. The van der Waals surface area contributed by atoms with Crippen LogP contribution >= 0.6 is 21.6 Å². The molecule has 8 rings (SSSR count). The van der Waals surface area contributed by atoms with Gasteiger partial charge < -0.3 is 34.9 Å². The minimum Gasteiger partial charge on any atom is -0.481 e. The van der Waals surface area contributed by atoms with Crippen molar-refractivity contribution in [1.29, 1.82) is 0 Å². The first-order valence-corrected chi connectivity index (χ1v) is 20.4. The van der Waals surface area contributed by atoms with Crippen LogP contribution in [-0.2, 0) is 27.2 Å². The molecule has 5 aliphatic rings. The van der Waals surface area contributed by atoms with Crippen molar-refractivity contribution >= 4 is 50.3 Å². The van der Waals surface area contributed by atoms with E-state index in [1.807, 2.05) is 36.9 Å². The lowest BCUT2D eigenvalue weighted by atomic mass is 9.61. The van der Waals surface area contributed by atoms with E-state index in [1.54, 1.807) is 42.1 Å². The first-order chi connectivity index (χ1) is 25.1. The minimum atomic E-state index is -1.22. The zero-order valence-corrected chi connectivity index (χ0v) is 31.2. The fourth-order valence-electron chi connectivity index (χ4n) is 9.28. The van der Waals surface area contributed by atoms with E-state index >= 15 is 0 Å². The number of rotatable bonds is 5. The summed E-state index contributed by atoms with van der Waals surface area (Å²) in [4.78, 5) is 46.9. The Morgan fingerprint density at radius 2 is 2.08 bits per heavy atom. The average molecular weight is 745 g/mol. The van der Waals surface area contributed by atoms with Gasteiger partial charge in [-0.05, 0) is 68.6 Å². The number of pyridine rings is 1. The van der Waals surface area contributed by atoms with Gasteiger partial charge in [-0.3, -0.25) is 4.79 Å². The first kappa shape index (κ1) is 35.3.